The summed E-state index contributed by atoms with van der Waals surface area (Å²) in [7, 11) is 0. The molecule has 0 unspecified atom stereocenters. The van der Waals surface area contributed by atoms with Gasteiger partial charge in [-0.25, -0.2) is 0 Å². The summed E-state index contributed by atoms with van der Waals surface area (Å²) in [6.07, 6.45) is 0. The zero-order valence-corrected chi connectivity index (χ0v) is 12.8. The third-order valence-electron chi connectivity index (χ3n) is 2.26. The molecule has 0 heterocycles. The van der Waals surface area contributed by atoms with Crippen molar-refractivity contribution in [2.24, 2.45) is 0 Å². The van der Waals surface area contributed by atoms with Gasteiger partial charge in [0.25, 0.3) is 0 Å². The van der Waals surface area contributed by atoms with Crippen molar-refractivity contribution < 1.29 is 9.47 Å². The van der Waals surface area contributed by atoms with Gasteiger partial charge in [-0.1, -0.05) is 28.1 Å². The zero-order valence-electron chi connectivity index (χ0n) is 9.61. The van der Waals surface area contributed by atoms with Crippen molar-refractivity contribution in [1.82, 2.24) is 0 Å². The normalized spacial score (nSPS) is 10.1. The van der Waals surface area contributed by atoms with Crippen molar-refractivity contribution in [1.29, 1.82) is 0 Å². The van der Waals surface area contributed by atoms with Crippen molar-refractivity contribution >= 4 is 31.9 Å². The SMILES string of the molecule is Brc1ccc(OCCOc2ccccc2Br)cc1. The van der Waals surface area contributed by atoms with Crippen LogP contribution in [0.4, 0.5) is 0 Å². The summed E-state index contributed by atoms with van der Waals surface area (Å²) in [6.45, 7) is 1.03. The Hall–Kier alpha value is -1.00. The lowest BCUT2D eigenvalue weighted by Crippen LogP contribution is -2.09. The predicted molar refractivity (Wildman–Crippen MR) is 79.3 cm³/mol. The first kappa shape index (κ1) is 13.4. The molecule has 0 spiro atoms. The van der Waals surface area contributed by atoms with Crippen LogP contribution in [0, 0.1) is 0 Å². The topological polar surface area (TPSA) is 18.5 Å². The first-order valence-corrected chi connectivity index (χ1v) is 7.10. The Labute approximate surface area is 123 Å². The van der Waals surface area contributed by atoms with Crippen LogP contribution in [0.2, 0.25) is 0 Å². The van der Waals surface area contributed by atoms with E-state index in [2.05, 4.69) is 31.9 Å². The van der Waals surface area contributed by atoms with Gasteiger partial charge in [0.15, 0.2) is 0 Å². The molecule has 94 valence electrons. The Balaban J connectivity index is 1.76. The van der Waals surface area contributed by atoms with E-state index < -0.39 is 0 Å². The fourth-order valence-electron chi connectivity index (χ4n) is 1.40. The minimum Gasteiger partial charge on any atom is -0.490 e. The van der Waals surface area contributed by atoms with Crippen LogP contribution in [0.3, 0.4) is 0 Å². The second-order valence-electron chi connectivity index (χ2n) is 3.58. The molecule has 0 saturated carbocycles. The molecule has 0 radical (unpaired) electrons. The van der Waals surface area contributed by atoms with Gasteiger partial charge in [-0.15, -0.1) is 0 Å². The maximum atomic E-state index is 5.60. The van der Waals surface area contributed by atoms with Crippen LogP contribution < -0.4 is 9.47 Å². The predicted octanol–water partition coefficient (Wildman–Crippen LogP) is 4.67. The highest BCUT2D eigenvalue weighted by atomic mass is 79.9. The summed E-state index contributed by atoms with van der Waals surface area (Å²) in [5, 5.41) is 0. The van der Waals surface area contributed by atoms with Crippen LogP contribution in [0.5, 0.6) is 11.5 Å². The first-order chi connectivity index (χ1) is 8.75. The summed E-state index contributed by atoms with van der Waals surface area (Å²) in [6, 6.07) is 15.5. The second kappa shape index (κ2) is 6.81. The van der Waals surface area contributed by atoms with Crippen molar-refractivity contribution in [2.45, 2.75) is 0 Å². The standard InChI is InChI=1S/C14H12Br2O2/c15-11-5-7-12(8-6-11)17-9-10-18-14-4-2-1-3-13(14)16/h1-8H,9-10H2. The molecule has 0 N–H and O–H groups in total. The zero-order chi connectivity index (χ0) is 12.8. The Kier molecular flexibility index (Phi) is 5.08. The molecule has 18 heavy (non-hydrogen) atoms. The lowest BCUT2D eigenvalue weighted by molar-refractivity contribution is 0.216. The van der Waals surface area contributed by atoms with Gasteiger partial charge in [-0.2, -0.15) is 0 Å². The number of hydrogen-bond donors (Lipinski definition) is 0. The van der Waals surface area contributed by atoms with Gasteiger partial charge >= 0.3 is 0 Å². The van der Waals surface area contributed by atoms with Crippen molar-refractivity contribution in [3.8, 4) is 11.5 Å². The number of hydrogen-bond acceptors (Lipinski definition) is 2. The molecule has 0 saturated heterocycles. The van der Waals surface area contributed by atoms with E-state index in [0.717, 1.165) is 20.4 Å². The molecule has 0 fully saturated rings. The van der Waals surface area contributed by atoms with Crippen molar-refractivity contribution in [2.75, 3.05) is 13.2 Å². The van der Waals surface area contributed by atoms with Crippen molar-refractivity contribution in [3.63, 3.8) is 0 Å². The number of ether oxygens (including phenoxy) is 2. The third kappa shape index (κ3) is 4.03. The fraction of sp³-hybridized carbons (Fsp3) is 0.143. The number of para-hydroxylation sites is 1. The largest absolute Gasteiger partial charge is 0.490 e. The highest BCUT2D eigenvalue weighted by molar-refractivity contribution is 9.10. The lowest BCUT2D eigenvalue weighted by atomic mass is 10.3. The van der Waals surface area contributed by atoms with E-state index in [0.29, 0.717) is 13.2 Å². The van der Waals surface area contributed by atoms with E-state index in [1.807, 2.05) is 48.5 Å². The second-order valence-corrected chi connectivity index (χ2v) is 5.35. The van der Waals surface area contributed by atoms with Crippen molar-refractivity contribution in [3.05, 3.63) is 57.5 Å². The third-order valence-corrected chi connectivity index (χ3v) is 3.44. The molecule has 4 heteroatoms. The molecule has 2 nitrogen and oxygen atoms in total. The maximum absolute atomic E-state index is 5.60. The van der Waals surface area contributed by atoms with Gasteiger partial charge in [-0.3, -0.25) is 0 Å². The molecule has 2 rings (SSSR count). The fourth-order valence-corrected chi connectivity index (χ4v) is 2.07. The van der Waals surface area contributed by atoms with Gasteiger partial charge < -0.3 is 9.47 Å². The number of benzene rings is 2. The Morgan fingerprint density at radius 3 is 2.17 bits per heavy atom. The van der Waals surface area contributed by atoms with E-state index in [4.69, 9.17) is 9.47 Å². The molecule has 2 aromatic rings. The maximum Gasteiger partial charge on any atom is 0.133 e. The minimum absolute atomic E-state index is 0.513. The minimum atomic E-state index is 0.513. The van der Waals surface area contributed by atoms with Crippen LogP contribution in [0.1, 0.15) is 0 Å². The summed E-state index contributed by atoms with van der Waals surface area (Å²) in [4.78, 5) is 0. The molecule has 0 aliphatic carbocycles. The molecular formula is C14H12Br2O2. The summed E-state index contributed by atoms with van der Waals surface area (Å²) < 4.78 is 13.2. The van der Waals surface area contributed by atoms with Gasteiger partial charge in [0, 0.05) is 4.47 Å². The van der Waals surface area contributed by atoms with E-state index >= 15 is 0 Å². The molecule has 0 aromatic heterocycles. The highest BCUT2D eigenvalue weighted by Crippen LogP contribution is 2.23. The molecule has 2 aromatic carbocycles. The summed E-state index contributed by atoms with van der Waals surface area (Å²) in [5.41, 5.74) is 0. The van der Waals surface area contributed by atoms with Crippen LogP contribution in [0.25, 0.3) is 0 Å². The van der Waals surface area contributed by atoms with Crippen LogP contribution in [-0.2, 0) is 0 Å². The molecular weight excluding hydrogens is 360 g/mol. The van der Waals surface area contributed by atoms with Gasteiger partial charge in [0.2, 0.25) is 0 Å². The monoisotopic (exact) mass is 370 g/mol. The van der Waals surface area contributed by atoms with E-state index in [1.54, 1.807) is 0 Å². The quantitative estimate of drug-likeness (QED) is 0.711. The van der Waals surface area contributed by atoms with Crippen LogP contribution in [-0.4, -0.2) is 13.2 Å². The van der Waals surface area contributed by atoms with Crippen LogP contribution in [0.15, 0.2) is 57.5 Å². The average molecular weight is 372 g/mol. The Morgan fingerprint density at radius 2 is 1.44 bits per heavy atom. The number of rotatable bonds is 5. The van der Waals surface area contributed by atoms with E-state index in [-0.39, 0.29) is 0 Å². The van der Waals surface area contributed by atoms with E-state index in [9.17, 15) is 0 Å². The van der Waals surface area contributed by atoms with Gasteiger partial charge in [0.1, 0.15) is 24.7 Å². The molecule has 0 bridgehead atoms. The molecule has 0 aliphatic rings. The average Bonchev–Trinajstić information content (AvgIpc) is 2.39. The smallest absolute Gasteiger partial charge is 0.133 e. The highest BCUT2D eigenvalue weighted by Gasteiger charge is 1.99. The van der Waals surface area contributed by atoms with E-state index in [1.165, 1.54) is 0 Å². The molecule has 0 amide bonds. The van der Waals surface area contributed by atoms with Crippen LogP contribution >= 0.6 is 31.9 Å². The molecule has 0 aliphatic heterocycles. The summed E-state index contributed by atoms with van der Waals surface area (Å²) >= 11 is 6.81. The van der Waals surface area contributed by atoms with Gasteiger partial charge in [0.05, 0.1) is 4.47 Å². The molecule has 0 atom stereocenters. The Morgan fingerprint density at radius 1 is 0.778 bits per heavy atom. The van der Waals surface area contributed by atoms with Gasteiger partial charge in [-0.05, 0) is 52.3 Å². The number of halogens is 2. The summed E-state index contributed by atoms with van der Waals surface area (Å²) in [5.74, 6) is 1.67. The first-order valence-electron chi connectivity index (χ1n) is 5.51. The Bertz CT molecular complexity index is 497. The lowest BCUT2D eigenvalue weighted by Gasteiger charge is -2.09.